The van der Waals surface area contributed by atoms with Crippen LogP contribution in [-0.2, 0) is 23.4 Å². The van der Waals surface area contributed by atoms with Crippen molar-refractivity contribution in [2.45, 2.75) is 76.0 Å². The lowest BCUT2D eigenvalue weighted by Gasteiger charge is -2.27. The van der Waals surface area contributed by atoms with E-state index in [-0.39, 0.29) is 18.3 Å². The molecule has 1 fully saturated rings. The number of cyclic esters (lactones) is 1. The van der Waals surface area contributed by atoms with E-state index in [4.69, 9.17) is 24.3 Å². The molecule has 15 nitrogen and oxygen atoms in total. The number of fused-ring (bicyclic) bond motifs is 4. The Morgan fingerprint density at radius 2 is 1.87 bits per heavy atom. The van der Waals surface area contributed by atoms with Crippen LogP contribution in [0.2, 0.25) is 0 Å². The first-order chi connectivity index (χ1) is 22.6. The van der Waals surface area contributed by atoms with Crippen LogP contribution in [0.25, 0.3) is 21.9 Å². The topological polar surface area (TPSA) is 205 Å². The number of nitrogen functional groups attached to an aromatic ring is 1. The van der Waals surface area contributed by atoms with E-state index in [1.165, 1.54) is 24.7 Å². The number of hydrogen-bond donors (Lipinski definition) is 5. The van der Waals surface area contributed by atoms with Crippen LogP contribution in [0.1, 0.15) is 52.2 Å². The van der Waals surface area contributed by atoms with E-state index in [0.717, 1.165) is 31.1 Å². The molecule has 0 radical (unpaired) electrons. The molecule has 6 rings (SSSR count). The fourth-order valence-electron chi connectivity index (χ4n) is 5.82. The molecule has 4 heterocycles. The highest BCUT2D eigenvalue weighted by Gasteiger charge is 2.54. The van der Waals surface area contributed by atoms with Gasteiger partial charge in [0.2, 0.25) is 5.95 Å². The minimum atomic E-state index is -4.34. The summed E-state index contributed by atoms with van der Waals surface area (Å²) in [5.41, 5.74) is 4.89. The van der Waals surface area contributed by atoms with Crippen LogP contribution in [0.5, 0.6) is 5.75 Å². The van der Waals surface area contributed by atoms with E-state index in [9.17, 15) is 19.6 Å². The number of carbonyl (C=O) groups excluding carboxylic acids is 1. The van der Waals surface area contributed by atoms with Gasteiger partial charge in [0.05, 0.1) is 19.5 Å². The maximum absolute atomic E-state index is 14.4. The SMILES string of the molecule is C[C@@H]1NP(=O)(Oc2cccc3ccccc23)OCC2OC(n3cnc4c(nc(N)nc43)NCCCCCCCOC1=O)[C@](C)(O)[C@@H]2O. The van der Waals surface area contributed by atoms with E-state index in [1.54, 1.807) is 12.1 Å². The first-order valence-electron chi connectivity index (χ1n) is 15.7. The highest BCUT2D eigenvalue weighted by Crippen LogP contribution is 2.48. The smallest absolute Gasteiger partial charge is 0.459 e. The molecule has 6 atom stereocenters. The molecule has 6 N–H and O–H groups in total. The molecule has 2 aliphatic rings. The van der Waals surface area contributed by atoms with Crippen molar-refractivity contribution < 1.29 is 38.1 Å². The van der Waals surface area contributed by atoms with Gasteiger partial charge in [0.1, 0.15) is 29.6 Å². The van der Waals surface area contributed by atoms with E-state index in [2.05, 4.69) is 25.4 Å². The zero-order chi connectivity index (χ0) is 33.2. The first-order valence-corrected chi connectivity index (χ1v) is 17.3. The molecule has 6 bridgehead atoms. The Bertz CT molecular complexity index is 1780. The molecule has 0 spiro atoms. The van der Waals surface area contributed by atoms with Crippen molar-refractivity contribution in [2.24, 2.45) is 0 Å². The number of anilines is 2. The molecule has 2 aromatic carbocycles. The summed E-state index contributed by atoms with van der Waals surface area (Å²) in [6.45, 7) is 3.25. The number of imidazole rings is 1. The summed E-state index contributed by atoms with van der Waals surface area (Å²) < 4.78 is 39.3. The minimum Gasteiger partial charge on any atom is -0.465 e. The number of aromatic nitrogens is 4. The number of aliphatic hydroxyl groups excluding tert-OH is 1. The molecule has 2 aliphatic heterocycles. The molecule has 2 aromatic heterocycles. The molecule has 16 heteroatoms. The molecule has 0 aliphatic carbocycles. The van der Waals surface area contributed by atoms with Crippen LogP contribution in [0.15, 0.2) is 48.8 Å². The first kappa shape index (κ1) is 33.1. The van der Waals surface area contributed by atoms with Crippen LogP contribution in [-0.4, -0.2) is 79.3 Å². The Balaban J connectivity index is 1.32. The summed E-state index contributed by atoms with van der Waals surface area (Å²) in [5.74, 6) is 0.0669. The summed E-state index contributed by atoms with van der Waals surface area (Å²) in [6, 6.07) is 11.6. The Hall–Kier alpha value is -3.85. The van der Waals surface area contributed by atoms with Gasteiger partial charge >= 0.3 is 13.7 Å². The summed E-state index contributed by atoms with van der Waals surface area (Å²) in [7, 11) is -4.34. The van der Waals surface area contributed by atoms with Crippen LogP contribution in [0, 0.1) is 0 Å². The molecular weight excluding hydrogens is 629 g/mol. The number of nitrogens with zero attached hydrogens (tertiary/aromatic N) is 4. The normalized spacial score (nSPS) is 29.9. The average molecular weight is 670 g/mol. The predicted octanol–water partition coefficient (Wildman–Crippen LogP) is 3.67. The number of carbonyl (C=O) groups is 1. The lowest BCUT2D eigenvalue weighted by atomic mass is 9.96. The van der Waals surface area contributed by atoms with E-state index in [1.807, 2.05) is 30.3 Å². The zero-order valence-corrected chi connectivity index (χ0v) is 27.1. The number of aliphatic hydroxyl groups is 2. The summed E-state index contributed by atoms with van der Waals surface area (Å²) in [5, 5.41) is 30.2. The summed E-state index contributed by atoms with van der Waals surface area (Å²) >= 11 is 0. The summed E-state index contributed by atoms with van der Waals surface area (Å²) in [6.07, 6.45) is 1.81. The number of ether oxygens (including phenoxy) is 2. The van der Waals surface area contributed by atoms with Crippen LogP contribution in [0.4, 0.5) is 11.8 Å². The zero-order valence-electron chi connectivity index (χ0n) is 26.2. The van der Waals surface area contributed by atoms with Crippen LogP contribution in [0.3, 0.4) is 0 Å². The van der Waals surface area contributed by atoms with Gasteiger partial charge in [-0.2, -0.15) is 15.1 Å². The number of esters is 1. The summed E-state index contributed by atoms with van der Waals surface area (Å²) in [4.78, 5) is 26.0. The third kappa shape index (κ3) is 7.05. The van der Waals surface area contributed by atoms with Gasteiger partial charge in [-0.05, 0) is 38.1 Å². The van der Waals surface area contributed by atoms with Gasteiger partial charge in [-0.1, -0.05) is 55.7 Å². The molecular formula is C31H40N7O8P. The molecule has 47 heavy (non-hydrogen) atoms. The third-order valence-corrected chi connectivity index (χ3v) is 10.0. The molecule has 4 aromatic rings. The fourth-order valence-corrected chi connectivity index (χ4v) is 7.35. The molecule has 0 saturated carbocycles. The lowest BCUT2D eigenvalue weighted by molar-refractivity contribution is -0.145. The van der Waals surface area contributed by atoms with Gasteiger partial charge in [0.25, 0.3) is 0 Å². The quantitative estimate of drug-likeness (QED) is 0.153. The van der Waals surface area contributed by atoms with E-state index < -0.39 is 50.4 Å². The Labute approximate surface area is 271 Å². The third-order valence-electron chi connectivity index (χ3n) is 8.39. The average Bonchev–Trinajstić information content (AvgIpc) is 3.55. The molecule has 0 amide bonds. The van der Waals surface area contributed by atoms with Crippen molar-refractivity contribution in [1.29, 1.82) is 0 Å². The molecule has 1 saturated heterocycles. The van der Waals surface area contributed by atoms with Crippen molar-refractivity contribution in [2.75, 3.05) is 30.8 Å². The van der Waals surface area contributed by atoms with Gasteiger partial charge in [-0.25, -0.2) is 9.55 Å². The van der Waals surface area contributed by atoms with Gasteiger partial charge in [-0.15, -0.1) is 0 Å². The van der Waals surface area contributed by atoms with Crippen molar-refractivity contribution in [3.8, 4) is 5.75 Å². The monoisotopic (exact) mass is 669 g/mol. The van der Waals surface area contributed by atoms with Crippen molar-refractivity contribution in [3.05, 3.63) is 48.8 Å². The number of benzene rings is 2. The van der Waals surface area contributed by atoms with Gasteiger partial charge < -0.3 is 35.3 Å². The number of hydrogen-bond acceptors (Lipinski definition) is 13. The Kier molecular flexibility index (Phi) is 9.65. The second kappa shape index (κ2) is 13.7. The minimum absolute atomic E-state index is 0.00413. The molecule has 3 unspecified atom stereocenters. The van der Waals surface area contributed by atoms with Gasteiger partial charge in [-0.3, -0.25) is 13.9 Å². The highest BCUT2D eigenvalue weighted by molar-refractivity contribution is 7.52. The number of rotatable bonds is 2. The second-order valence-electron chi connectivity index (χ2n) is 12.0. The van der Waals surface area contributed by atoms with Crippen LogP contribution < -0.4 is 20.7 Å². The standard InChI is InChI=1S/C31H40N7O8P/c1-19-28(40)43-16-9-5-3-4-8-15-33-26-24-27(36-30(32)35-26)38(18-34-24)29-31(2,41)25(39)23(45-29)17-44-47(42,37-19)46-22-14-10-12-20-11-6-7-13-21(20)22/h6-7,10-14,18-19,23,25,29,39,41H,3-5,8-9,15-17H2,1-2H3,(H,37,42)(H3,32,33,35,36)/t19-,23?,25+,29?,31+,47?/m0/s1. The Morgan fingerprint density at radius 1 is 1.11 bits per heavy atom. The van der Waals surface area contributed by atoms with Gasteiger partial charge in [0.15, 0.2) is 23.2 Å². The number of nitrogens with two attached hydrogens (primary N) is 1. The number of nitrogens with one attached hydrogen (secondary N) is 2. The van der Waals surface area contributed by atoms with Crippen molar-refractivity contribution in [1.82, 2.24) is 24.6 Å². The van der Waals surface area contributed by atoms with Crippen molar-refractivity contribution >= 4 is 47.4 Å². The highest BCUT2D eigenvalue weighted by atomic mass is 31.2. The molecule has 252 valence electrons. The maximum atomic E-state index is 14.4. The maximum Gasteiger partial charge on any atom is 0.459 e. The Morgan fingerprint density at radius 3 is 2.72 bits per heavy atom. The largest absolute Gasteiger partial charge is 0.465 e. The predicted molar refractivity (Wildman–Crippen MR) is 174 cm³/mol. The van der Waals surface area contributed by atoms with Crippen LogP contribution >= 0.6 is 7.75 Å². The second-order valence-corrected chi connectivity index (χ2v) is 13.7. The van der Waals surface area contributed by atoms with E-state index in [0.29, 0.717) is 35.3 Å². The fraction of sp³-hybridized carbons (Fsp3) is 0.484. The van der Waals surface area contributed by atoms with E-state index >= 15 is 0 Å². The lowest BCUT2D eigenvalue weighted by Crippen LogP contribution is -2.44. The van der Waals surface area contributed by atoms with Crippen molar-refractivity contribution in [3.63, 3.8) is 0 Å². The van der Waals surface area contributed by atoms with Gasteiger partial charge in [0, 0.05) is 11.9 Å².